The third kappa shape index (κ3) is 7.07. The predicted molar refractivity (Wildman–Crippen MR) is 147 cm³/mol. The fraction of sp³-hybridized carbons (Fsp3) is 0.562. The molecule has 0 unspecified atom stereocenters. The molecule has 0 bridgehead atoms. The molecule has 3 saturated heterocycles. The minimum Gasteiger partial charge on any atom is -0.374 e. The van der Waals surface area contributed by atoms with E-state index >= 15 is 0 Å². The standard InChI is InChI=1S/C32H40O9/c1-31(2)35-20-25(39-31)27-28(29-30(38-27)41-32(3,4)40-29)37-26-16-15-23(34-18-22-13-9-6-10-14-22)24(36-26)19-33-17-21-11-7-5-8-12-21/h5-16,23-30H,17-20H2,1-4H3/t23-,24-,25-,26-,27-,28+,29-,30-/m1/s1. The number of rotatable bonds is 10. The van der Waals surface area contributed by atoms with Gasteiger partial charge in [-0.25, -0.2) is 0 Å². The molecule has 0 spiro atoms. The molecule has 9 nitrogen and oxygen atoms in total. The Balaban J connectivity index is 1.15. The summed E-state index contributed by atoms with van der Waals surface area (Å²) in [6.07, 6.45) is 0.166. The van der Waals surface area contributed by atoms with Crippen LogP contribution in [0.25, 0.3) is 0 Å². The Bertz CT molecular complexity index is 1150. The van der Waals surface area contributed by atoms with Crippen LogP contribution in [0, 0.1) is 0 Å². The first-order chi connectivity index (χ1) is 19.7. The average molecular weight is 569 g/mol. The number of hydrogen-bond donors (Lipinski definition) is 0. The Morgan fingerprint density at radius 1 is 0.756 bits per heavy atom. The molecule has 222 valence electrons. The Morgan fingerprint density at radius 2 is 1.46 bits per heavy atom. The van der Waals surface area contributed by atoms with Gasteiger partial charge in [-0.1, -0.05) is 66.7 Å². The van der Waals surface area contributed by atoms with Crippen LogP contribution >= 0.6 is 0 Å². The van der Waals surface area contributed by atoms with E-state index in [0.717, 1.165) is 11.1 Å². The highest BCUT2D eigenvalue weighted by Crippen LogP contribution is 2.42. The number of ether oxygens (including phenoxy) is 9. The summed E-state index contributed by atoms with van der Waals surface area (Å²) < 4.78 is 55.9. The van der Waals surface area contributed by atoms with E-state index in [0.29, 0.717) is 26.4 Å². The lowest BCUT2D eigenvalue weighted by atomic mass is 10.1. The van der Waals surface area contributed by atoms with Crippen molar-refractivity contribution in [3.8, 4) is 0 Å². The van der Waals surface area contributed by atoms with Gasteiger partial charge in [-0.2, -0.15) is 0 Å². The summed E-state index contributed by atoms with van der Waals surface area (Å²) in [5.41, 5.74) is 2.18. The molecule has 2 aromatic rings. The van der Waals surface area contributed by atoms with E-state index in [-0.39, 0.29) is 12.2 Å². The second-order valence-corrected chi connectivity index (χ2v) is 11.7. The quantitative estimate of drug-likeness (QED) is 0.385. The highest BCUT2D eigenvalue weighted by atomic mass is 16.9. The fourth-order valence-electron chi connectivity index (χ4n) is 5.62. The SMILES string of the molecule is CC1(C)O[C@H]2O[C@H]([C@H]3COC(C)(C)O3)[C@H](O[C@@H]3C=C[C@@H](OCc4ccccc4)[C@@H](COCc4ccccc4)O3)[C@H]2O1. The van der Waals surface area contributed by atoms with Crippen LogP contribution in [0.5, 0.6) is 0 Å². The maximum atomic E-state index is 6.57. The molecule has 4 aliphatic rings. The molecule has 0 N–H and O–H groups in total. The Kier molecular flexibility index (Phi) is 8.61. The number of benzene rings is 2. The summed E-state index contributed by atoms with van der Waals surface area (Å²) in [5, 5.41) is 0. The fourth-order valence-corrected chi connectivity index (χ4v) is 5.62. The van der Waals surface area contributed by atoms with Crippen molar-refractivity contribution in [3.05, 3.63) is 83.9 Å². The van der Waals surface area contributed by atoms with Gasteiger partial charge in [0.2, 0.25) is 0 Å². The molecule has 3 fully saturated rings. The largest absolute Gasteiger partial charge is 0.374 e. The Labute approximate surface area is 241 Å². The first-order valence-corrected chi connectivity index (χ1v) is 14.3. The monoisotopic (exact) mass is 568 g/mol. The van der Waals surface area contributed by atoms with E-state index < -0.39 is 48.6 Å². The summed E-state index contributed by atoms with van der Waals surface area (Å²) >= 11 is 0. The van der Waals surface area contributed by atoms with E-state index in [1.54, 1.807) is 0 Å². The van der Waals surface area contributed by atoms with Crippen molar-refractivity contribution in [1.29, 1.82) is 0 Å². The molecule has 9 heteroatoms. The zero-order valence-corrected chi connectivity index (χ0v) is 24.0. The highest BCUT2D eigenvalue weighted by Gasteiger charge is 2.59. The zero-order chi connectivity index (χ0) is 28.5. The molecule has 41 heavy (non-hydrogen) atoms. The van der Waals surface area contributed by atoms with Crippen molar-refractivity contribution in [2.24, 2.45) is 0 Å². The molecule has 0 amide bonds. The zero-order valence-electron chi connectivity index (χ0n) is 24.0. The van der Waals surface area contributed by atoms with E-state index in [2.05, 4.69) is 0 Å². The van der Waals surface area contributed by atoms with Gasteiger partial charge in [0.25, 0.3) is 0 Å². The minimum atomic E-state index is -0.790. The van der Waals surface area contributed by atoms with E-state index in [9.17, 15) is 0 Å². The van der Waals surface area contributed by atoms with E-state index in [1.807, 2.05) is 101 Å². The first kappa shape index (κ1) is 28.9. The van der Waals surface area contributed by atoms with Gasteiger partial charge in [0.1, 0.15) is 36.6 Å². The Hall–Kier alpha value is -2.18. The van der Waals surface area contributed by atoms with Gasteiger partial charge < -0.3 is 42.6 Å². The van der Waals surface area contributed by atoms with Crippen molar-refractivity contribution in [1.82, 2.24) is 0 Å². The second-order valence-electron chi connectivity index (χ2n) is 11.7. The molecule has 8 atom stereocenters. The van der Waals surface area contributed by atoms with Crippen LogP contribution in [0.3, 0.4) is 0 Å². The molecular formula is C32H40O9. The van der Waals surface area contributed by atoms with Crippen molar-refractivity contribution < 1.29 is 42.6 Å². The van der Waals surface area contributed by atoms with Gasteiger partial charge in [0, 0.05) is 0 Å². The summed E-state index contributed by atoms with van der Waals surface area (Å²) in [4.78, 5) is 0. The third-order valence-corrected chi connectivity index (χ3v) is 7.53. The van der Waals surface area contributed by atoms with Crippen molar-refractivity contribution in [2.75, 3.05) is 13.2 Å². The molecule has 2 aromatic carbocycles. The van der Waals surface area contributed by atoms with Gasteiger partial charge in [-0.15, -0.1) is 0 Å². The normalized spacial score (nSPS) is 35.5. The molecule has 0 aliphatic carbocycles. The lowest BCUT2D eigenvalue weighted by Gasteiger charge is -2.35. The summed E-state index contributed by atoms with van der Waals surface area (Å²) in [6.45, 7) is 9.14. The molecular weight excluding hydrogens is 528 g/mol. The number of hydrogen-bond acceptors (Lipinski definition) is 9. The van der Waals surface area contributed by atoms with Gasteiger partial charge >= 0.3 is 0 Å². The van der Waals surface area contributed by atoms with Crippen LogP contribution in [0.1, 0.15) is 38.8 Å². The second kappa shape index (κ2) is 12.2. The molecule has 0 saturated carbocycles. The highest BCUT2D eigenvalue weighted by molar-refractivity contribution is 5.15. The predicted octanol–water partition coefficient (Wildman–Crippen LogP) is 4.48. The van der Waals surface area contributed by atoms with Gasteiger partial charge in [-0.05, 0) is 44.9 Å². The molecule has 0 radical (unpaired) electrons. The summed E-state index contributed by atoms with van der Waals surface area (Å²) in [7, 11) is 0. The first-order valence-electron chi connectivity index (χ1n) is 14.3. The Morgan fingerprint density at radius 3 is 2.15 bits per heavy atom. The summed E-state index contributed by atoms with van der Waals surface area (Å²) in [5.74, 6) is -1.50. The average Bonchev–Trinajstić information content (AvgIpc) is 3.58. The molecule has 6 rings (SSSR count). The smallest absolute Gasteiger partial charge is 0.190 e. The van der Waals surface area contributed by atoms with E-state index in [1.165, 1.54) is 0 Å². The van der Waals surface area contributed by atoms with Crippen molar-refractivity contribution in [2.45, 2.75) is 102 Å². The van der Waals surface area contributed by atoms with Crippen LogP contribution in [-0.4, -0.2) is 74.0 Å². The minimum absolute atomic E-state index is 0.313. The van der Waals surface area contributed by atoms with Crippen molar-refractivity contribution in [3.63, 3.8) is 0 Å². The summed E-state index contributed by atoms with van der Waals surface area (Å²) in [6, 6.07) is 20.1. The van der Waals surface area contributed by atoms with Crippen LogP contribution < -0.4 is 0 Å². The third-order valence-electron chi connectivity index (χ3n) is 7.53. The van der Waals surface area contributed by atoms with Crippen LogP contribution in [0.2, 0.25) is 0 Å². The topological polar surface area (TPSA) is 83.1 Å². The maximum absolute atomic E-state index is 6.57. The van der Waals surface area contributed by atoms with Gasteiger partial charge in [0.05, 0.1) is 26.4 Å². The lowest BCUT2D eigenvalue weighted by molar-refractivity contribution is -0.261. The van der Waals surface area contributed by atoms with Gasteiger partial charge in [-0.3, -0.25) is 0 Å². The van der Waals surface area contributed by atoms with Crippen LogP contribution in [0.4, 0.5) is 0 Å². The molecule has 4 heterocycles. The number of fused-ring (bicyclic) bond motifs is 1. The maximum Gasteiger partial charge on any atom is 0.190 e. The molecule has 0 aromatic heterocycles. The lowest BCUT2D eigenvalue weighted by Crippen LogP contribution is -2.48. The van der Waals surface area contributed by atoms with Gasteiger partial charge in [0.15, 0.2) is 24.2 Å². The van der Waals surface area contributed by atoms with Crippen LogP contribution in [-0.2, 0) is 55.8 Å². The molecule has 4 aliphatic heterocycles. The van der Waals surface area contributed by atoms with Crippen molar-refractivity contribution >= 4 is 0 Å². The van der Waals surface area contributed by atoms with Crippen LogP contribution in [0.15, 0.2) is 72.8 Å². The van der Waals surface area contributed by atoms with E-state index in [4.69, 9.17) is 42.6 Å².